The normalized spacial score (nSPS) is 14.8. The number of nitrogens with one attached hydrogen (secondary N) is 1. The molecule has 0 radical (unpaired) electrons. The van der Waals surface area contributed by atoms with E-state index in [1.807, 2.05) is 0 Å². The Morgan fingerprint density at radius 3 is 2.46 bits per heavy atom. The molecule has 1 aliphatic heterocycles. The number of imide groups is 2. The number of hydrogen-bond acceptors (Lipinski definition) is 7. The number of carboxylic acid groups (broad SMARTS) is 1. The number of aryl methyl sites for hydroxylation is 1. The molecule has 3 aromatic rings. The van der Waals surface area contributed by atoms with Crippen LogP contribution in [0.5, 0.6) is 11.5 Å². The Morgan fingerprint density at radius 1 is 1.03 bits per heavy atom. The molecule has 0 bridgehead atoms. The number of aromatic carboxylic acids is 1. The molecule has 0 saturated carbocycles. The van der Waals surface area contributed by atoms with Gasteiger partial charge in [-0.3, -0.25) is 14.9 Å². The van der Waals surface area contributed by atoms with E-state index in [0.29, 0.717) is 22.6 Å². The van der Waals surface area contributed by atoms with Crippen molar-refractivity contribution in [3.8, 4) is 22.8 Å². The van der Waals surface area contributed by atoms with Gasteiger partial charge in [-0.2, -0.15) is 0 Å². The lowest BCUT2D eigenvalue weighted by Crippen LogP contribution is -2.54. The highest BCUT2D eigenvalue weighted by Gasteiger charge is 2.38. The van der Waals surface area contributed by atoms with E-state index in [9.17, 15) is 19.2 Å². The second-order valence-corrected chi connectivity index (χ2v) is 7.53. The van der Waals surface area contributed by atoms with Gasteiger partial charge in [0.15, 0.2) is 0 Å². The summed E-state index contributed by atoms with van der Waals surface area (Å²) in [6, 6.07) is 11.4. The van der Waals surface area contributed by atoms with Crippen LogP contribution in [0.1, 0.15) is 21.7 Å². The Labute approximate surface area is 199 Å². The molecule has 2 aromatic carbocycles. The maximum Gasteiger partial charge on any atom is 0.336 e. The highest BCUT2D eigenvalue weighted by atomic mass is 16.5. The van der Waals surface area contributed by atoms with Gasteiger partial charge in [0.05, 0.1) is 25.5 Å². The van der Waals surface area contributed by atoms with Crippen LogP contribution in [0.2, 0.25) is 0 Å². The Morgan fingerprint density at radius 2 is 1.80 bits per heavy atom. The number of rotatable bonds is 6. The van der Waals surface area contributed by atoms with Gasteiger partial charge in [0.2, 0.25) is 0 Å². The van der Waals surface area contributed by atoms with Gasteiger partial charge in [-0.25, -0.2) is 14.5 Å². The third-order valence-corrected chi connectivity index (χ3v) is 5.38. The number of furan rings is 1. The van der Waals surface area contributed by atoms with Gasteiger partial charge in [0, 0.05) is 11.6 Å². The molecule has 0 spiro atoms. The molecule has 1 saturated heterocycles. The standard InChI is InChI=1S/C25H20N2O8/c1-13-10-14(24(30)31)4-7-17(13)20-9-6-16(35-20)11-18-22(28)26-25(32)27(23(18)29)19-8-5-15(33-2)12-21(19)34-3/h4-12H,1-3H3,(H,30,31)(H,26,28,32)/b18-11+. The number of anilines is 1. The number of ether oxygens (including phenoxy) is 2. The quantitative estimate of drug-likeness (QED) is 0.407. The third kappa shape index (κ3) is 4.36. The van der Waals surface area contributed by atoms with E-state index in [1.165, 1.54) is 44.6 Å². The number of carbonyl (C=O) groups is 4. The minimum absolute atomic E-state index is 0.128. The topological polar surface area (TPSA) is 135 Å². The van der Waals surface area contributed by atoms with Crippen LogP contribution in [0.25, 0.3) is 17.4 Å². The molecule has 1 aromatic heterocycles. The Kier molecular flexibility index (Phi) is 6.11. The van der Waals surface area contributed by atoms with E-state index in [0.717, 1.165) is 4.90 Å². The van der Waals surface area contributed by atoms with Crippen molar-refractivity contribution in [3.05, 3.63) is 71.0 Å². The van der Waals surface area contributed by atoms with E-state index in [-0.39, 0.29) is 28.3 Å². The zero-order chi connectivity index (χ0) is 25.3. The Hall–Kier alpha value is -4.86. The van der Waals surface area contributed by atoms with Crippen molar-refractivity contribution in [3.63, 3.8) is 0 Å². The minimum atomic E-state index is -1.04. The fourth-order valence-corrected chi connectivity index (χ4v) is 3.64. The lowest BCUT2D eigenvalue weighted by Gasteiger charge is -2.27. The fraction of sp³-hybridized carbons (Fsp3) is 0.120. The third-order valence-electron chi connectivity index (χ3n) is 5.38. The minimum Gasteiger partial charge on any atom is -0.497 e. The number of hydrogen-bond donors (Lipinski definition) is 2. The molecule has 0 aliphatic carbocycles. The molecule has 2 N–H and O–H groups in total. The van der Waals surface area contributed by atoms with Gasteiger partial charge >= 0.3 is 12.0 Å². The summed E-state index contributed by atoms with van der Waals surface area (Å²) < 4.78 is 16.2. The van der Waals surface area contributed by atoms with E-state index >= 15 is 0 Å². The monoisotopic (exact) mass is 476 g/mol. The van der Waals surface area contributed by atoms with Crippen molar-refractivity contribution in [2.45, 2.75) is 6.92 Å². The number of carboxylic acids is 1. The smallest absolute Gasteiger partial charge is 0.336 e. The number of methoxy groups -OCH3 is 2. The van der Waals surface area contributed by atoms with Gasteiger partial charge in [-0.15, -0.1) is 0 Å². The van der Waals surface area contributed by atoms with Crippen LogP contribution in [-0.2, 0) is 9.59 Å². The average molecular weight is 476 g/mol. The second kappa shape index (κ2) is 9.18. The first-order chi connectivity index (χ1) is 16.7. The van der Waals surface area contributed by atoms with Crippen LogP contribution in [0.3, 0.4) is 0 Å². The predicted octanol–water partition coefficient (Wildman–Crippen LogP) is 3.64. The molecule has 0 atom stereocenters. The predicted molar refractivity (Wildman–Crippen MR) is 124 cm³/mol. The summed E-state index contributed by atoms with van der Waals surface area (Å²) >= 11 is 0. The fourth-order valence-electron chi connectivity index (χ4n) is 3.64. The van der Waals surface area contributed by atoms with Gasteiger partial charge in [0.1, 0.15) is 28.6 Å². The van der Waals surface area contributed by atoms with E-state index in [2.05, 4.69) is 5.32 Å². The summed E-state index contributed by atoms with van der Waals surface area (Å²) in [5.41, 5.74) is 1.28. The maximum absolute atomic E-state index is 13.2. The lowest BCUT2D eigenvalue weighted by molar-refractivity contribution is -0.122. The van der Waals surface area contributed by atoms with Crippen molar-refractivity contribution in [1.82, 2.24) is 5.32 Å². The first kappa shape index (κ1) is 23.3. The molecule has 10 heteroatoms. The molecule has 10 nitrogen and oxygen atoms in total. The molecule has 0 unspecified atom stereocenters. The summed E-state index contributed by atoms with van der Waals surface area (Å²) in [5.74, 6) is -1.51. The first-order valence-corrected chi connectivity index (χ1v) is 10.3. The van der Waals surface area contributed by atoms with Crippen molar-refractivity contribution in [2.24, 2.45) is 0 Å². The number of barbiturate groups is 1. The molecule has 4 rings (SSSR count). The lowest BCUT2D eigenvalue weighted by atomic mass is 10.0. The molecule has 2 heterocycles. The summed E-state index contributed by atoms with van der Waals surface area (Å²) in [4.78, 5) is 50.2. The molecule has 1 fully saturated rings. The first-order valence-electron chi connectivity index (χ1n) is 10.3. The van der Waals surface area contributed by atoms with Gasteiger partial charge < -0.3 is 19.0 Å². The van der Waals surface area contributed by atoms with Crippen molar-refractivity contribution in [2.75, 3.05) is 19.1 Å². The number of nitrogens with zero attached hydrogens (tertiary/aromatic N) is 1. The SMILES string of the molecule is COc1ccc(N2C(=O)NC(=O)/C(=C\c3ccc(-c4ccc(C(=O)O)cc4C)o3)C2=O)c(OC)c1. The Bertz CT molecular complexity index is 1400. The largest absolute Gasteiger partial charge is 0.497 e. The molecular weight excluding hydrogens is 456 g/mol. The zero-order valence-electron chi connectivity index (χ0n) is 18.9. The van der Waals surface area contributed by atoms with Gasteiger partial charge in [-0.1, -0.05) is 6.07 Å². The molecule has 178 valence electrons. The number of urea groups is 1. The molecule has 35 heavy (non-hydrogen) atoms. The highest BCUT2D eigenvalue weighted by Crippen LogP contribution is 2.34. The van der Waals surface area contributed by atoms with Gasteiger partial charge in [-0.05, 0) is 55.0 Å². The summed E-state index contributed by atoms with van der Waals surface area (Å²) in [6.07, 6.45) is 1.23. The highest BCUT2D eigenvalue weighted by molar-refractivity contribution is 6.39. The average Bonchev–Trinajstić information content (AvgIpc) is 3.30. The van der Waals surface area contributed by atoms with Gasteiger partial charge in [0.25, 0.3) is 11.8 Å². The summed E-state index contributed by atoms with van der Waals surface area (Å²) in [6.45, 7) is 1.74. The van der Waals surface area contributed by atoms with Crippen molar-refractivity contribution in [1.29, 1.82) is 0 Å². The molecule has 4 amide bonds. The van der Waals surface area contributed by atoms with Crippen LogP contribution < -0.4 is 19.7 Å². The summed E-state index contributed by atoms with van der Waals surface area (Å²) in [5, 5.41) is 11.3. The number of carbonyl (C=O) groups excluding carboxylic acids is 3. The van der Waals surface area contributed by atoms with Crippen molar-refractivity contribution < 1.29 is 38.2 Å². The second-order valence-electron chi connectivity index (χ2n) is 7.53. The number of benzene rings is 2. The molecular formula is C25H20N2O8. The maximum atomic E-state index is 13.2. The zero-order valence-corrected chi connectivity index (χ0v) is 18.9. The van der Waals surface area contributed by atoms with Crippen LogP contribution in [-0.4, -0.2) is 43.1 Å². The van der Waals surface area contributed by atoms with Crippen molar-refractivity contribution >= 4 is 35.6 Å². The van der Waals surface area contributed by atoms with Crippen LogP contribution in [0, 0.1) is 6.92 Å². The van der Waals surface area contributed by atoms with E-state index < -0.39 is 23.8 Å². The van der Waals surface area contributed by atoms with Crippen LogP contribution in [0.15, 0.2) is 58.5 Å². The molecule has 1 aliphatic rings. The van der Waals surface area contributed by atoms with E-state index in [4.69, 9.17) is 19.0 Å². The summed E-state index contributed by atoms with van der Waals surface area (Å²) in [7, 11) is 2.84. The van der Waals surface area contributed by atoms with E-state index in [1.54, 1.807) is 31.2 Å². The number of amides is 4. The Balaban J connectivity index is 1.68. The van der Waals surface area contributed by atoms with Crippen LogP contribution >= 0.6 is 0 Å². The van der Waals surface area contributed by atoms with Crippen LogP contribution in [0.4, 0.5) is 10.5 Å².